The van der Waals surface area contributed by atoms with Crippen LogP contribution in [0.4, 0.5) is 0 Å². The molecule has 110 valence electrons. The normalized spacial score (nSPS) is 13.6. The van der Waals surface area contributed by atoms with E-state index in [0.29, 0.717) is 6.42 Å². The van der Waals surface area contributed by atoms with Crippen LogP contribution in [0.25, 0.3) is 0 Å². The topological polar surface area (TPSA) is 122 Å². The first-order valence-corrected chi connectivity index (χ1v) is 9.05. The van der Waals surface area contributed by atoms with Crippen molar-refractivity contribution in [1.29, 1.82) is 0 Å². The molecule has 0 heterocycles. The first kappa shape index (κ1) is 18.2. The van der Waals surface area contributed by atoms with Gasteiger partial charge in [0, 0.05) is 0 Å². The number of hydrogen-bond donors (Lipinski definition) is 4. The Morgan fingerprint density at radius 3 is 1.56 bits per heavy atom. The van der Waals surface area contributed by atoms with E-state index in [0.717, 1.165) is 17.9 Å². The summed E-state index contributed by atoms with van der Waals surface area (Å²) < 4.78 is 21.7. The number of unbranched alkanes of at least 4 members (excludes halogenated alkanes) is 1. The van der Waals surface area contributed by atoms with Crippen molar-refractivity contribution < 1.29 is 28.7 Å². The summed E-state index contributed by atoms with van der Waals surface area (Å²) in [6.07, 6.45) is 0.171. The maximum atomic E-state index is 10.9. The van der Waals surface area contributed by atoms with Crippen molar-refractivity contribution >= 4 is 15.2 Å². The fourth-order valence-electron chi connectivity index (χ4n) is 1.47. The molecule has 8 nitrogen and oxygen atoms in total. The Morgan fingerprint density at radius 1 is 0.833 bits per heavy atom. The van der Waals surface area contributed by atoms with E-state index in [1.54, 1.807) is 0 Å². The maximum Gasteiger partial charge on any atom is 0.339 e. The Balaban J connectivity index is 4.22. The van der Waals surface area contributed by atoms with Crippen LogP contribution in [-0.4, -0.2) is 69.1 Å². The van der Waals surface area contributed by atoms with Crippen molar-refractivity contribution in [3.05, 3.63) is 0 Å². The van der Waals surface area contributed by atoms with Gasteiger partial charge in [-0.25, -0.2) is 0 Å². The minimum Gasteiger partial charge on any atom is -0.324 e. The average molecular weight is 304 g/mol. The van der Waals surface area contributed by atoms with E-state index < -0.39 is 27.8 Å². The second-order valence-electron chi connectivity index (χ2n) is 4.52. The van der Waals surface area contributed by atoms with E-state index >= 15 is 0 Å². The second-order valence-corrected chi connectivity index (χ2v) is 7.74. The molecule has 0 aliphatic heterocycles. The molecule has 0 bridgehead atoms. The van der Waals surface area contributed by atoms with Gasteiger partial charge >= 0.3 is 15.2 Å². The third kappa shape index (κ3) is 12.7. The molecule has 0 aromatic carbocycles. The third-order valence-electron chi connectivity index (χ3n) is 2.10. The summed E-state index contributed by atoms with van der Waals surface area (Å²) in [5.74, 6) is 0. The highest BCUT2D eigenvalue weighted by molar-refractivity contribution is 7.52. The lowest BCUT2D eigenvalue weighted by Crippen LogP contribution is -2.28. The molecular formula is C8H22N2O6P2. The predicted molar refractivity (Wildman–Crippen MR) is 68.3 cm³/mol. The van der Waals surface area contributed by atoms with Gasteiger partial charge in [-0.05, 0) is 40.0 Å². The minimum absolute atomic E-state index is 0.254. The zero-order valence-electron chi connectivity index (χ0n) is 10.6. The number of rotatable bonds is 9. The molecule has 0 aliphatic carbocycles. The lowest BCUT2D eigenvalue weighted by Gasteiger charge is -2.23. The van der Waals surface area contributed by atoms with Crippen LogP contribution in [0.2, 0.25) is 0 Å². The van der Waals surface area contributed by atoms with Gasteiger partial charge in [0.2, 0.25) is 0 Å². The van der Waals surface area contributed by atoms with Crippen LogP contribution in [0, 0.1) is 0 Å². The highest BCUT2D eigenvalue weighted by Crippen LogP contribution is 2.40. The summed E-state index contributed by atoms with van der Waals surface area (Å²) >= 11 is 0. The Bertz CT molecular complexity index is 302. The van der Waals surface area contributed by atoms with E-state index in [1.807, 2.05) is 19.0 Å². The van der Waals surface area contributed by atoms with Crippen molar-refractivity contribution in [1.82, 2.24) is 9.80 Å². The summed E-state index contributed by atoms with van der Waals surface area (Å²) in [5.41, 5.74) is 0. The zero-order chi connectivity index (χ0) is 14.4. The highest BCUT2D eigenvalue weighted by Gasteiger charge is 2.25. The van der Waals surface area contributed by atoms with E-state index in [4.69, 9.17) is 19.6 Å². The van der Waals surface area contributed by atoms with Crippen molar-refractivity contribution in [2.45, 2.75) is 12.8 Å². The monoisotopic (exact) mass is 304 g/mol. The van der Waals surface area contributed by atoms with Crippen molar-refractivity contribution in [2.75, 3.05) is 39.8 Å². The molecule has 0 rings (SSSR count). The summed E-state index contributed by atoms with van der Waals surface area (Å²) in [6.45, 7) is 1.07. The van der Waals surface area contributed by atoms with Crippen LogP contribution in [0.15, 0.2) is 0 Å². The highest BCUT2D eigenvalue weighted by atomic mass is 31.2. The van der Waals surface area contributed by atoms with Gasteiger partial charge < -0.3 is 24.5 Å². The standard InChI is InChI=1S/C8H22N2O6P2/c1-9(2)5-3-4-6-10(7-17(11,12)13)8-18(14,15)16/h3-8H2,1-2H3,(H2,11,12,13)(H2,14,15,16). The Hall–Kier alpha value is 0.220. The van der Waals surface area contributed by atoms with Gasteiger partial charge in [0.1, 0.15) is 12.6 Å². The number of nitrogens with zero attached hydrogens (tertiary/aromatic N) is 2. The summed E-state index contributed by atoms with van der Waals surface area (Å²) in [7, 11) is -4.80. The third-order valence-corrected chi connectivity index (χ3v) is 3.64. The molecule has 0 saturated heterocycles. The van der Waals surface area contributed by atoms with Gasteiger partial charge in [0.25, 0.3) is 0 Å². The molecule has 4 N–H and O–H groups in total. The van der Waals surface area contributed by atoms with E-state index in [-0.39, 0.29) is 6.54 Å². The largest absolute Gasteiger partial charge is 0.339 e. The van der Waals surface area contributed by atoms with Gasteiger partial charge in [0.05, 0.1) is 0 Å². The Kier molecular flexibility index (Phi) is 7.82. The minimum atomic E-state index is -4.30. The van der Waals surface area contributed by atoms with Crippen LogP contribution < -0.4 is 0 Å². The van der Waals surface area contributed by atoms with Gasteiger partial charge in [-0.2, -0.15) is 0 Å². The van der Waals surface area contributed by atoms with Crippen molar-refractivity contribution in [2.24, 2.45) is 0 Å². The fourth-order valence-corrected chi connectivity index (χ4v) is 3.15. The first-order valence-electron chi connectivity index (χ1n) is 5.46. The molecule has 0 amide bonds. The summed E-state index contributed by atoms with van der Waals surface area (Å²) in [5, 5.41) is 0. The zero-order valence-corrected chi connectivity index (χ0v) is 12.4. The van der Waals surface area contributed by atoms with Gasteiger partial charge in [0.15, 0.2) is 0 Å². The predicted octanol–water partition coefficient (Wildman–Crippen LogP) is -0.0994. The number of hydrogen-bond acceptors (Lipinski definition) is 4. The molecule has 0 unspecified atom stereocenters. The van der Waals surface area contributed by atoms with Crippen LogP contribution >= 0.6 is 15.2 Å². The SMILES string of the molecule is CN(C)CCCCN(CP(=O)(O)O)CP(=O)(O)O. The first-order chi connectivity index (χ1) is 7.99. The molecule has 0 atom stereocenters. The van der Waals surface area contributed by atoms with Gasteiger partial charge in [-0.1, -0.05) is 0 Å². The molecule has 0 spiro atoms. The quantitative estimate of drug-likeness (QED) is 0.344. The van der Waals surface area contributed by atoms with Crippen molar-refractivity contribution in [3.63, 3.8) is 0 Å². The van der Waals surface area contributed by atoms with Crippen LogP contribution in [0.3, 0.4) is 0 Å². The van der Waals surface area contributed by atoms with E-state index in [9.17, 15) is 9.13 Å². The van der Waals surface area contributed by atoms with Crippen LogP contribution in [-0.2, 0) is 9.13 Å². The molecule has 0 radical (unpaired) electrons. The van der Waals surface area contributed by atoms with Crippen LogP contribution in [0.1, 0.15) is 12.8 Å². The Morgan fingerprint density at radius 2 is 1.22 bits per heavy atom. The van der Waals surface area contributed by atoms with Crippen molar-refractivity contribution in [3.8, 4) is 0 Å². The molecule has 0 aliphatic rings. The lowest BCUT2D eigenvalue weighted by molar-refractivity contribution is 0.269. The molecule has 10 heteroatoms. The van der Waals surface area contributed by atoms with E-state index in [1.165, 1.54) is 0 Å². The van der Waals surface area contributed by atoms with Gasteiger partial charge in [-0.15, -0.1) is 0 Å². The maximum absolute atomic E-state index is 10.9. The molecule has 0 aromatic rings. The Labute approximate surface area is 107 Å². The molecule has 18 heavy (non-hydrogen) atoms. The van der Waals surface area contributed by atoms with Crippen LogP contribution in [0.5, 0.6) is 0 Å². The second kappa shape index (κ2) is 7.72. The summed E-state index contributed by atoms with van der Waals surface area (Å²) in [6, 6.07) is 0. The smallest absolute Gasteiger partial charge is 0.324 e. The average Bonchev–Trinajstić information content (AvgIpc) is 2.06. The molecule has 0 saturated carbocycles. The lowest BCUT2D eigenvalue weighted by atomic mass is 10.3. The van der Waals surface area contributed by atoms with Gasteiger partial charge in [-0.3, -0.25) is 14.0 Å². The summed E-state index contributed by atoms with van der Waals surface area (Å²) in [4.78, 5) is 38.4. The molecule has 0 aromatic heterocycles. The fraction of sp³-hybridized carbons (Fsp3) is 1.00. The molecular weight excluding hydrogens is 282 g/mol. The molecule has 0 fully saturated rings. The van der Waals surface area contributed by atoms with E-state index in [2.05, 4.69) is 0 Å².